The number of hydrogen-bond donors (Lipinski definition) is 1. The monoisotopic (exact) mass is 189 g/mol. The molecule has 0 fully saturated rings. The molecule has 0 aliphatic rings. The molecule has 0 heterocycles. The second-order valence-corrected chi connectivity index (χ2v) is 4.10. The van der Waals surface area contributed by atoms with Crippen molar-refractivity contribution in [2.75, 3.05) is 5.32 Å². The summed E-state index contributed by atoms with van der Waals surface area (Å²) in [5.74, 6) is 0.469. The summed E-state index contributed by atoms with van der Waals surface area (Å²) >= 11 is 0. The summed E-state index contributed by atoms with van der Waals surface area (Å²) < 4.78 is 0. The number of nitrogens with one attached hydrogen (secondary N) is 1. The minimum atomic E-state index is 0.469. The third kappa shape index (κ3) is 2.63. The van der Waals surface area contributed by atoms with E-state index in [0.717, 1.165) is 11.4 Å². The van der Waals surface area contributed by atoms with Crippen molar-refractivity contribution in [2.24, 2.45) is 5.92 Å². The van der Waals surface area contributed by atoms with E-state index in [1.54, 1.807) is 0 Å². The Morgan fingerprint density at radius 2 is 1.86 bits per heavy atom. The van der Waals surface area contributed by atoms with Crippen LogP contribution in [0.15, 0.2) is 30.5 Å². The maximum atomic E-state index is 3.99. The Morgan fingerprint density at radius 1 is 1.21 bits per heavy atom. The summed E-state index contributed by atoms with van der Waals surface area (Å²) in [6.45, 7) is 12.5. The molecule has 0 amide bonds. The van der Waals surface area contributed by atoms with Gasteiger partial charge in [-0.3, -0.25) is 0 Å². The van der Waals surface area contributed by atoms with Gasteiger partial charge in [0.25, 0.3) is 0 Å². The molecule has 1 rings (SSSR count). The molecule has 14 heavy (non-hydrogen) atoms. The highest BCUT2D eigenvalue weighted by Gasteiger charge is 2.01. The van der Waals surface area contributed by atoms with Gasteiger partial charge >= 0.3 is 0 Å². The third-order valence-corrected chi connectivity index (χ3v) is 2.51. The normalized spacial score (nSPS) is 10.4. The Bertz CT molecular complexity index is 337. The van der Waals surface area contributed by atoms with Gasteiger partial charge in [0, 0.05) is 11.4 Å². The van der Waals surface area contributed by atoms with Gasteiger partial charge in [-0.1, -0.05) is 26.5 Å². The van der Waals surface area contributed by atoms with Gasteiger partial charge in [-0.05, 0) is 43.0 Å². The van der Waals surface area contributed by atoms with Gasteiger partial charge in [0.05, 0.1) is 0 Å². The van der Waals surface area contributed by atoms with Crippen LogP contribution in [0.4, 0.5) is 5.69 Å². The number of anilines is 1. The van der Waals surface area contributed by atoms with E-state index in [1.807, 2.05) is 0 Å². The van der Waals surface area contributed by atoms with Crippen LogP contribution < -0.4 is 5.32 Å². The molecule has 1 nitrogen and oxygen atoms in total. The van der Waals surface area contributed by atoms with Crippen molar-refractivity contribution in [3.63, 3.8) is 0 Å². The lowest BCUT2D eigenvalue weighted by atomic mass is 10.1. The predicted octanol–water partition coefficient (Wildman–Crippen LogP) is 3.89. The Labute approximate surface area is 86.8 Å². The smallest absolute Gasteiger partial charge is 0.0384 e. The lowest BCUT2D eigenvalue weighted by Gasteiger charge is -2.13. The van der Waals surface area contributed by atoms with Gasteiger partial charge in [0.1, 0.15) is 0 Å². The fourth-order valence-corrected chi connectivity index (χ4v) is 1.15. The summed E-state index contributed by atoms with van der Waals surface area (Å²) in [5, 5.41) is 3.31. The van der Waals surface area contributed by atoms with E-state index in [0.29, 0.717) is 5.92 Å². The molecule has 0 atom stereocenters. The number of aryl methyl sites for hydroxylation is 2. The summed E-state index contributed by atoms with van der Waals surface area (Å²) in [6.07, 6.45) is 0. The van der Waals surface area contributed by atoms with E-state index in [4.69, 9.17) is 0 Å². The Hall–Kier alpha value is -1.24. The molecule has 0 aliphatic heterocycles. The molecular weight excluding hydrogens is 170 g/mol. The number of rotatable bonds is 3. The van der Waals surface area contributed by atoms with Crippen molar-refractivity contribution in [1.29, 1.82) is 0 Å². The molecule has 1 aromatic carbocycles. The topological polar surface area (TPSA) is 12.0 Å². The van der Waals surface area contributed by atoms with E-state index >= 15 is 0 Å². The quantitative estimate of drug-likeness (QED) is 0.760. The van der Waals surface area contributed by atoms with Crippen LogP contribution in [-0.4, -0.2) is 0 Å². The van der Waals surface area contributed by atoms with Gasteiger partial charge in [0.15, 0.2) is 0 Å². The molecule has 1 heteroatoms. The Kier molecular flexibility index (Phi) is 3.34. The van der Waals surface area contributed by atoms with Crippen molar-refractivity contribution in [1.82, 2.24) is 0 Å². The Balaban J connectivity index is 2.78. The lowest BCUT2D eigenvalue weighted by Crippen LogP contribution is -2.04. The maximum Gasteiger partial charge on any atom is 0.0384 e. The molecule has 0 saturated heterocycles. The number of hydrogen-bond acceptors (Lipinski definition) is 1. The maximum absolute atomic E-state index is 3.99. The zero-order valence-electron chi connectivity index (χ0n) is 9.52. The fraction of sp³-hybridized carbons (Fsp3) is 0.385. The van der Waals surface area contributed by atoms with Gasteiger partial charge in [0.2, 0.25) is 0 Å². The number of allylic oxidation sites excluding steroid dienone is 1. The largest absolute Gasteiger partial charge is 0.359 e. The second-order valence-electron chi connectivity index (χ2n) is 4.10. The fourth-order valence-electron chi connectivity index (χ4n) is 1.15. The molecule has 0 radical (unpaired) electrons. The van der Waals surface area contributed by atoms with Gasteiger partial charge in [-0.2, -0.15) is 0 Å². The average molecular weight is 189 g/mol. The van der Waals surface area contributed by atoms with Crippen LogP contribution in [0.3, 0.4) is 0 Å². The van der Waals surface area contributed by atoms with Crippen LogP contribution in [0.5, 0.6) is 0 Å². The highest BCUT2D eigenvalue weighted by Crippen LogP contribution is 2.17. The summed E-state index contributed by atoms with van der Waals surface area (Å²) in [5.41, 5.74) is 4.83. The molecule has 0 unspecified atom stereocenters. The molecule has 1 N–H and O–H groups in total. The van der Waals surface area contributed by atoms with Gasteiger partial charge < -0.3 is 5.32 Å². The van der Waals surface area contributed by atoms with Gasteiger partial charge in [-0.15, -0.1) is 0 Å². The second kappa shape index (κ2) is 4.32. The highest BCUT2D eigenvalue weighted by atomic mass is 14.9. The van der Waals surface area contributed by atoms with Crippen molar-refractivity contribution in [3.05, 3.63) is 41.6 Å². The average Bonchev–Trinajstić information content (AvgIpc) is 2.11. The first-order chi connectivity index (χ1) is 6.50. The van der Waals surface area contributed by atoms with Crippen LogP contribution in [0.1, 0.15) is 25.0 Å². The first-order valence-electron chi connectivity index (χ1n) is 5.03. The molecule has 0 bridgehead atoms. The van der Waals surface area contributed by atoms with Crippen molar-refractivity contribution < 1.29 is 0 Å². The van der Waals surface area contributed by atoms with Crippen LogP contribution in [0, 0.1) is 19.8 Å². The molecule has 76 valence electrons. The lowest BCUT2D eigenvalue weighted by molar-refractivity contribution is 0.778. The van der Waals surface area contributed by atoms with Crippen LogP contribution in [-0.2, 0) is 0 Å². The number of benzene rings is 1. The zero-order chi connectivity index (χ0) is 10.7. The minimum absolute atomic E-state index is 0.469. The van der Waals surface area contributed by atoms with Gasteiger partial charge in [-0.25, -0.2) is 0 Å². The first-order valence-corrected chi connectivity index (χ1v) is 5.03. The first kappa shape index (κ1) is 10.8. The molecule has 0 saturated carbocycles. The van der Waals surface area contributed by atoms with E-state index in [-0.39, 0.29) is 0 Å². The molecule has 1 aromatic rings. The third-order valence-electron chi connectivity index (χ3n) is 2.51. The molecule has 0 aromatic heterocycles. The van der Waals surface area contributed by atoms with Crippen LogP contribution in [0.25, 0.3) is 0 Å². The summed E-state index contributed by atoms with van der Waals surface area (Å²) in [4.78, 5) is 0. The van der Waals surface area contributed by atoms with Crippen molar-refractivity contribution in [3.8, 4) is 0 Å². The van der Waals surface area contributed by atoms with Crippen molar-refractivity contribution >= 4 is 5.69 Å². The minimum Gasteiger partial charge on any atom is -0.359 e. The van der Waals surface area contributed by atoms with Crippen LogP contribution in [0.2, 0.25) is 0 Å². The predicted molar refractivity (Wildman–Crippen MR) is 63.5 cm³/mol. The highest BCUT2D eigenvalue weighted by molar-refractivity contribution is 5.51. The van der Waals surface area contributed by atoms with E-state index in [1.165, 1.54) is 11.1 Å². The van der Waals surface area contributed by atoms with E-state index < -0.39 is 0 Å². The van der Waals surface area contributed by atoms with Crippen LogP contribution >= 0.6 is 0 Å². The van der Waals surface area contributed by atoms with E-state index in [2.05, 4.69) is 57.8 Å². The molecule has 0 aliphatic carbocycles. The van der Waals surface area contributed by atoms with Crippen molar-refractivity contribution in [2.45, 2.75) is 27.7 Å². The molecular formula is C13H19N. The van der Waals surface area contributed by atoms with E-state index in [9.17, 15) is 0 Å². The standard InChI is InChI=1S/C13H19N/c1-9(2)12(5)14-13-7-6-10(3)11(4)8-13/h6-9,14H,5H2,1-4H3. The zero-order valence-corrected chi connectivity index (χ0v) is 9.52. The SMILES string of the molecule is C=C(Nc1ccc(C)c(C)c1)C(C)C. The molecule has 0 spiro atoms. The Morgan fingerprint density at radius 3 is 2.36 bits per heavy atom. The summed E-state index contributed by atoms with van der Waals surface area (Å²) in [6, 6.07) is 6.38. The summed E-state index contributed by atoms with van der Waals surface area (Å²) in [7, 11) is 0.